The van der Waals surface area contributed by atoms with Gasteiger partial charge in [0.25, 0.3) is 0 Å². The van der Waals surface area contributed by atoms with Crippen molar-refractivity contribution in [1.82, 2.24) is 0 Å². The van der Waals surface area contributed by atoms with Gasteiger partial charge in [-0.1, -0.05) is 5.16 Å². The average Bonchev–Trinajstić information content (AvgIpc) is 1.65. The Morgan fingerprint density at radius 1 is 2.00 bits per heavy atom. The maximum atomic E-state index is 7.82. The molecule has 0 atom stereocenters. The lowest BCUT2D eigenvalue weighted by molar-refractivity contribution is 0.305. The van der Waals surface area contributed by atoms with E-state index in [-0.39, 0.29) is 0 Å². The van der Waals surface area contributed by atoms with E-state index in [0.717, 1.165) is 0 Å². The van der Waals surface area contributed by atoms with Crippen LogP contribution in [0.1, 0.15) is 6.92 Å². The summed E-state index contributed by atoms with van der Waals surface area (Å²) in [6.45, 7) is 1.59. The molecule has 0 radical (unpaired) electrons. The van der Waals surface area contributed by atoms with Crippen molar-refractivity contribution in [3.05, 3.63) is 0 Å². The molecule has 0 aromatic rings. The Hall–Kier alpha value is -0.513. The fraction of sp³-hybridized carbons (Fsp3) is 0.500. The van der Waals surface area contributed by atoms with Crippen LogP contribution in [0.4, 0.5) is 0 Å². The lowest BCUT2D eigenvalue weighted by Crippen LogP contribution is -1.92. The van der Waals surface area contributed by atoms with Gasteiger partial charge in [0, 0.05) is 6.92 Å². The van der Waals surface area contributed by atoms with Gasteiger partial charge in [-0.25, -0.2) is 0 Å². The average molecular weight is 105 g/mol. The van der Waals surface area contributed by atoms with Crippen molar-refractivity contribution in [3.63, 3.8) is 0 Å². The molecule has 4 heteroatoms. The van der Waals surface area contributed by atoms with Crippen molar-refractivity contribution in [1.29, 1.82) is 0 Å². The summed E-state index contributed by atoms with van der Waals surface area (Å²) in [5.74, 6) is 0.335. The third-order valence-electron chi connectivity index (χ3n) is 0.436. The first kappa shape index (κ1) is 5.49. The molecule has 0 saturated carbocycles. The normalized spacial score (nSPS) is 11.8. The molecule has 0 spiro atoms. The van der Waals surface area contributed by atoms with Gasteiger partial charge in [0.2, 0.25) is 16.4 Å². The summed E-state index contributed by atoms with van der Waals surface area (Å²) in [6.07, 6.45) is 0. The monoisotopic (exact) mass is 105 g/mol. The van der Waals surface area contributed by atoms with Crippen molar-refractivity contribution in [3.8, 4) is 0 Å². The quantitative estimate of drug-likeness (QED) is 0.142. The van der Waals surface area contributed by atoms with Crippen molar-refractivity contribution in [2.24, 2.45) is 5.16 Å². The smallest absolute Gasteiger partial charge is 0.208 e. The molecule has 1 N–H and O–H groups in total. The van der Waals surface area contributed by atoms with Gasteiger partial charge < -0.3 is 9.63 Å². The zero-order valence-corrected chi connectivity index (χ0v) is 5.80. The van der Waals surface area contributed by atoms with E-state index in [0.29, 0.717) is 16.4 Å². The fourth-order valence-electron chi connectivity index (χ4n) is 0.0408. The molecule has 3 nitrogen and oxygen atoms in total. The van der Waals surface area contributed by atoms with Crippen LogP contribution in [0, 0.1) is 0 Å². The summed E-state index contributed by atoms with van der Waals surface area (Å²) in [7, 11) is 0.592. The van der Waals surface area contributed by atoms with Crippen molar-refractivity contribution in [2.45, 2.75) is 6.92 Å². The highest BCUT2D eigenvalue weighted by atomic mass is 28.2. The lowest BCUT2D eigenvalue weighted by Gasteiger charge is -1.89. The van der Waals surface area contributed by atoms with E-state index in [1.807, 2.05) is 0 Å². The van der Waals surface area contributed by atoms with Crippen LogP contribution in [0.15, 0.2) is 5.16 Å². The standard InChI is InChI=1S/C2H7NO2Si/c1-2(3-4)5-6/h4H,1,6H3. The van der Waals surface area contributed by atoms with E-state index in [4.69, 9.17) is 5.21 Å². The lowest BCUT2D eigenvalue weighted by atomic mass is 10.8. The predicted molar refractivity (Wildman–Crippen MR) is 25.9 cm³/mol. The molecule has 0 amide bonds. The number of oxime groups is 1. The van der Waals surface area contributed by atoms with E-state index in [1.54, 1.807) is 6.92 Å². The van der Waals surface area contributed by atoms with Crippen molar-refractivity contribution in [2.75, 3.05) is 0 Å². The van der Waals surface area contributed by atoms with Crippen LogP contribution < -0.4 is 0 Å². The summed E-state index contributed by atoms with van der Waals surface area (Å²) in [5, 5.41) is 10.6. The second-order valence-electron chi connectivity index (χ2n) is 0.823. The molecule has 0 unspecified atom stereocenters. The topological polar surface area (TPSA) is 41.8 Å². The molecule has 0 rings (SSSR count). The maximum Gasteiger partial charge on any atom is 0.208 e. The molecule has 0 aliphatic carbocycles. The highest BCUT2D eigenvalue weighted by molar-refractivity contribution is 6.05. The molecule has 0 fully saturated rings. The van der Waals surface area contributed by atoms with Crippen LogP contribution >= 0.6 is 0 Å². The summed E-state index contributed by atoms with van der Waals surface area (Å²) in [6, 6.07) is 0. The predicted octanol–water partition coefficient (Wildman–Crippen LogP) is -0.909. The van der Waals surface area contributed by atoms with Gasteiger partial charge in [-0.05, 0) is 0 Å². The summed E-state index contributed by atoms with van der Waals surface area (Å²) >= 11 is 0. The minimum absolute atomic E-state index is 0.335. The van der Waals surface area contributed by atoms with Crippen LogP contribution in [0.25, 0.3) is 0 Å². The molecular weight excluding hydrogens is 98.1 g/mol. The van der Waals surface area contributed by atoms with E-state index in [9.17, 15) is 0 Å². The molecule has 0 aromatic heterocycles. The highest BCUT2D eigenvalue weighted by Crippen LogP contribution is 1.68. The molecule has 0 saturated heterocycles. The van der Waals surface area contributed by atoms with Crippen LogP contribution in [-0.2, 0) is 4.43 Å². The van der Waals surface area contributed by atoms with Crippen molar-refractivity contribution < 1.29 is 9.63 Å². The molecule has 36 valence electrons. The Labute approximate surface area is 39.2 Å². The van der Waals surface area contributed by atoms with Gasteiger partial charge in [-0.2, -0.15) is 0 Å². The largest absolute Gasteiger partial charge is 0.541 e. The Morgan fingerprint density at radius 2 is 2.50 bits per heavy atom. The van der Waals surface area contributed by atoms with Crippen LogP contribution in [0.2, 0.25) is 0 Å². The Balaban J connectivity index is 3.22. The van der Waals surface area contributed by atoms with E-state index in [1.165, 1.54) is 0 Å². The van der Waals surface area contributed by atoms with E-state index >= 15 is 0 Å². The Kier molecular flexibility index (Phi) is 2.48. The second-order valence-corrected chi connectivity index (χ2v) is 1.23. The minimum atomic E-state index is 0.335. The van der Waals surface area contributed by atoms with E-state index in [2.05, 4.69) is 9.58 Å². The summed E-state index contributed by atoms with van der Waals surface area (Å²) in [5.41, 5.74) is 0. The molecule has 6 heavy (non-hydrogen) atoms. The minimum Gasteiger partial charge on any atom is -0.541 e. The Bertz CT molecular complexity index is 62.6. The first-order valence-corrected chi connectivity index (χ1v) is 2.35. The highest BCUT2D eigenvalue weighted by Gasteiger charge is 1.76. The zero-order valence-electron chi connectivity index (χ0n) is 3.80. The van der Waals surface area contributed by atoms with Crippen molar-refractivity contribution >= 4 is 16.4 Å². The first-order valence-electron chi connectivity index (χ1n) is 1.54. The van der Waals surface area contributed by atoms with Gasteiger partial charge in [-0.3, -0.25) is 0 Å². The second kappa shape index (κ2) is 2.71. The van der Waals surface area contributed by atoms with Gasteiger partial charge in [0.15, 0.2) is 0 Å². The van der Waals surface area contributed by atoms with Crippen LogP contribution in [0.3, 0.4) is 0 Å². The van der Waals surface area contributed by atoms with Crippen LogP contribution in [-0.4, -0.2) is 21.6 Å². The molecule has 0 aliphatic heterocycles. The maximum absolute atomic E-state index is 7.82. The number of nitrogens with zero attached hydrogens (tertiary/aromatic N) is 1. The van der Waals surface area contributed by atoms with Gasteiger partial charge >= 0.3 is 0 Å². The molecular formula is C2H7NO2Si. The third-order valence-corrected chi connectivity index (χ3v) is 1.03. The number of hydrogen-bond acceptors (Lipinski definition) is 3. The molecule has 0 aromatic carbocycles. The van der Waals surface area contributed by atoms with Crippen LogP contribution in [0.5, 0.6) is 0 Å². The number of rotatable bonds is 0. The first-order chi connectivity index (χ1) is 2.81. The summed E-state index contributed by atoms with van der Waals surface area (Å²) < 4.78 is 4.54. The van der Waals surface area contributed by atoms with Gasteiger partial charge in [0.05, 0.1) is 0 Å². The van der Waals surface area contributed by atoms with E-state index < -0.39 is 0 Å². The molecule has 0 heterocycles. The zero-order chi connectivity index (χ0) is 4.99. The molecule has 0 bridgehead atoms. The summed E-state index contributed by atoms with van der Waals surface area (Å²) in [4.78, 5) is 0. The molecule has 0 aliphatic rings. The van der Waals surface area contributed by atoms with Gasteiger partial charge in [0.1, 0.15) is 0 Å². The van der Waals surface area contributed by atoms with Gasteiger partial charge in [-0.15, -0.1) is 0 Å². The Morgan fingerprint density at radius 3 is 2.50 bits per heavy atom. The SMILES string of the molecule is CC(=NO)O[SiH3]. The third kappa shape index (κ3) is 1.77. The fourth-order valence-corrected chi connectivity index (χ4v) is 0.122. The number of hydrogen-bond donors (Lipinski definition) is 1.